The number of aliphatic hydroxyl groups excluding tert-OH is 1. The fourth-order valence-corrected chi connectivity index (χ4v) is 2.40. The minimum Gasteiger partial charge on any atom is -0.462 e. The molecule has 0 aliphatic carbocycles. The fourth-order valence-electron chi connectivity index (χ4n) is 2.40. The lowest BCUT2D eigenvalue weighted by molar-refractivity contribution is 0.199. The van der Waals surface area contributed by atoms with Gasteiger partial charge in [-0.1, -0.05) is 24.3 Å². The maximum Gasteiger partial charge on any atom is 0.129 e. The van der Waals surface area contributed by atoms with Crippen molar-refractivity contribution in [3.8, 4) is 0 Å². The Hall–Kier alpha value is -1.62. The van der Waals surface area contributed by atoms with E-state index >= 15 is 0 Å². The summed E-state index contributed by atoms with van der Waals surface area (Å²) >= 11 is 0. The summed E-state index contributed by atoms with van der Waals surface area (Å²) in [5.41, 5.74) is 2.66. The Balaban J connectivity index is 2.06. The summed E-state index contributed by atoms with van der Waals surface area (Å²) in [6, 6.07) is 12.3. The van der Waals surface area contributed by atoms with Crippen LogP contribution in [0.3, 0.4) is 0 Å². The quantitative estimate of drug-likeness (QED) is 0.814. The van der Waals surface area contributed by atoms with E-state index in [4.69, 9.17) is 9.52 Å². The number of nitrogens with zero attached hydrogens (tertiary/aromatic N) is 2. The van der Waals surface area contributed by atoms with E-state index in [2.05, 4.69) is 55.1 Å². The first-order chi connectivity index (χ1) is 10.6. The van der Waals surface area contributed by atoms with Crippen LogP contribution >= 0.6 is 0 Å². The van der Waals surface area contributed by atoms with Gasteiger partial charge in [-0.25, -0.2) is 0 Å². The highest BCUT2D eigenvalue weighted by atomic mass is 16.4. The Bertz CT molecular complexity index is 578. The summed E-state index contributed by atoms with van der Waals surface area (Å²) in [6.07, 6.45) is 0. The van der Waals surface area contributed by atoms with E-state index in [9.17, 15) is 0 Å². The van der Waals surface area contributed by atoms with Crippen molar-refractivity contribution in [2.75, 3.05) is 27.2 Å². The van der Waals surface area contributed by atoms with E-state index in [-0.39, 0.29) is 6.61 Å². The summed E-state index contributed by atoms with van der Waals surface area (Å²) in [7, 11) is 4.17. The number of hydrogen-bond acceptors (Lipinski definition) is 4. The van der Waals surface area contributed by atoms with Crippen LogP contribution in [0.2, 0.25) is 0 Å². The molecule has 0 fully saturated rings. The van der Waals surface area contributed by atoms with Crippen LogP contribution < -0.4 is 0 Å². The van der Waals surface area contributed by atoms with Gasteiger partial charge in [-0.3, -0.25) is 4.90 Å². The molecule has 1 aromatic carbocycles. The van der Waals surface area contributed by atoms with E-state index in [1.54, 1.807) is 0 Å². The van der Waals surface area contributed by atoms with Crippen LogP contribution in [0.5, 0.6) is 0 Å². The SMILES string of the molecule is Cc1ccccc1CN(CCN(C)C)Cc1ccc(CO)o1. The zero-order chi connectivity index (χ0) is 15.9. The van der Waals surface area contributed by atoms with E-state index in [0.29, 0.717) is 5.76 Å². The Morgan fingerprint density at radius 2 is 1.68 bits per heavy atom. The van der Waals surface area contributed by atoms with Gasteiger partial charge < -0.3 is 14.4 Å². The lowest BCUT2D eigenvalue weighted by Gasteiger charge is -2.24. The molecule has 0 amide bonds. The summed E-state index contributed by atoms with van der Waals surface area (Å²) < 4.78 is 5.63. The van der Waals surface area contributed by atoms with Crippen molar-refractivity contribution < 1.29 is 9.52 Å². The van der Waals surface area contributed by atoms with Crippen LogP contribution in [0.1, 0.15) is 22.6 Å². The van der Waals surface area contributed by atoms with Gasteiger partial charge in [0.25, 0.3) is 0 Å². The molecule has 0 aliphatic rings. The molecular formula is C18H26N2O2. The molecule has 0 saturated heterocycles. The van der Waals surface area contributed by atoms with Gasteiger partial charge in [0.15, 0.2) is 0 Å². The highest BCUT2D eigenvalue weighted by molar-refractivity contribution is 5.25. The number of aryl methyl sites for hydroxylation is 1. The minimum absolute atomic E-state index is 0.0461. The third-order valence-electron chi connectivity index (χ3n) is 3.77. The number of hydrogen-bond donors (Lipinski definition) is 1. The average Bonchev–Trinajstić information content (AvgIpc) is 2.94. The number of aliphatic hydroxyl groups is 1. The molecule has 0 atom stereocenters. The predicted molar refractivity (Wildman–Crippen MR) is 88.5 cm³/mol. The van der Waals surface area contributed by atoms with E-state index < -0.39 is 0 Å². The molecule has 1 N–H and O–H groups in total. The zero-order valence-corrected chi connectivity index (χ0v) is 13.7. The summed E-state index contributed by atoms with van der Waals surface area (Å²) in [5.74, 6) is 1.52. The Labute approximate surface area is 133 Å². The van der Waals surface area contributed by atoms with E-state index in [0.717, 1.165) is 31.9 Å². The number of rotatable bonds is 8. The van der Waals surface area contributed by atoms with Crippen molar-refractivity contribution in [2.24, 2.45) is 0 Å². The molecule has 22 heavy (non-hydrogen) atoms. The molecule has 4 nitrogen and oxygen atoms in total. The number of benzene rings is 1. The first-order valence-corrected chi connectivity index (χ1v) is 7.68. The first-order valence-electron chi connectivity index (χ1n) is 7.68. The maximum absolute atomic E-state index is 9.12. The smallest absolute Gasteiger partial charge is 0.129 e. The second kappa shape index (κ2) is 8.13. The first kappa shape index (κ1) is 16.7. The van der Waals surface area contributed by atoms with E-state index in [1.165, 1.54) is 11.1 Å². The fraction of sp³-hybridized carbons (Fsp3) is 0.444. The molecular weight excluding hydrogens is 276 g/mol. The normalized spacial score (nSPS) is 11.5. The second-order valence-electron chi connectivity index (χ2n) is 5.97. The van der Waals surface area contributed by atoms with Gasteiger partial charge in [-0.15, -0.1) is 0 Å². The van der Waals surface area contributed by atoms with Crippen LogP contribution in [-0.2, 0) is 19.7 Å². The monoisotopic (exact) mass is 302 g/mol. The third-order valence-corrected chi connectivity index (χ3v) is 3.77. The highest BCUT2D eigenvalue weighted by Gasteiger charge is 2.11. The Morgan fingerprint density at radius 3 is 2.32 bits per heavy atom. The summed E-state index contributed by atoms with van der Waals surface area (Å²) in [4.78, 5) is 4.56. The lowest BCUT2D eigenvalue weighted by atomic mass is 10.1. The highest BCUT2D eigenvalue weighted by Crippen LogP contribution is 2.15. The zero-order valence-electron chi connectivity index (χ0n) is 13.7. The summed E-state index contributed by atoms with van der Waals surface area (Å²) in [5, 5.41) is 9.12. The van der Waals surface area contributed by atoms with Crippen LogP contribution in [0.25, 0.3) is 0 Å². The van der Waals surface area contributed by atoms with Crippen LogP contribution in [0, 0.1) is 6.92 Å². The standard InChI is InChI=1S/C18H26N2O2/c1-15-6-4-5-7-16(15)12-20(11-10-19(2)3)13-17-8-9-18(14-21)22-17/h4-9,21H,10-14H2,1-3H3. The molecule has 0 saturated carbocycles. The molecule has 4 heteroatoms. The molecule has 2 rings (SSSR count). The van der Waals surface area contributed by atoms with Gasteiger partial charge in [0.1, 0.15) is 18.1 Å². The second-order valence-corrected chi connectivity index (χ2v) is 5.97. The molecule has 0 unspecified atom stereocenters. The van der Waals surface area contributed by atoms with Crippen LogP contribution in [-0.4, -0.2) is 42.1 Å². The number of likely N-dealkylation sites (N-methyl/N-ethyl adjacent to an activating group) is 1. The molecule has 0 spiro atoms. The maximum atomic E-state index is 9.12. The van der Waals surface area contributed by atoms with Gasteiger partial charge >= 0.3 is 0 Å². The van der Waals surface area contributed by atoms with Crippen molar-refractivity contribution in [3.05, 3.63) is 59.0 Å². The van der Waals surface area contributed by atoms with Gasteiger partial charge in [-0.2, -0.15) is 0 Å². The molecule has 0 bridgehead atoms. The topological polar surface area (TPSA) is 39.9 Å². The largest absolute Gasteiger partial charge is 0.462 e. The molecule has 2 aromatic rings. The summed E-state index contributed by atoms with van der Waals surface area (Å²) in [6.45, 7) is 5.72. The van der Waals surface area contributed by atoms with Crippen LogP contribution in [0.15, 0.2) is 40.8 Å². The van der Waals surface area contributed by atoms with Crippen LogP contribution in [0.4, 0.5) is 0 Å². The van der Waals surface area contributed by atoms with Crippen molar-refractivity contribution >= 4 is 0 Å². The number of furan rings is 1. The van der Waals surface area contributed by atoms with Crippen molar-refractivity contribution in [2.45, 2.75) is 26.6 Å². The van der Waals surface area contributed by atoms with E-state index in [1.807, 2.05) is 12.1 Å². The molecule has 0 aliphatic heterocycles. The average molecular weight is 302 g/mol. The lowest BCUT2D eigenvalue weighted by Crippen LogP contribution is -2.31. The third kappa shape index (κ3) is 4.98. The van der Waals surface area contributed by atoms with Gasteiger partial charge in [0.05, 0.1) is 6.54 Å². The van der Waals surface area contributed by atoms with Crippen molar-refractivity contribution in [1.29, 1.82) is 0 Å². The molecule has 1 aromatic heterocycles. The van der Waals surface area contributed by atoms with Crippen molar-refractivity contribution in [3.63, 3.8) is 0 Å². The Morgan fingerprint density at radius 1 is 0.955 bits per heavy atom. The van der Waals surface area contributed by atoms with Gasteiger partial charge in [0.2, 0.25) is 0 Å². The molecule has 1 heterocycles. The molecule has 0 radical (unpaired) electrons. The van der Waals surface area contributed by atoms with Gasteiger partial charge in [0, 0.05) is 19.6 Å². The molecule has 120 valence electrons. The minimum atomic E-state index is -0.0461. The predicted octanol–water partition coefficient (Wildman–Crippen LogP) is 2.64. The van der Waals surface area contributed by atoms with Gasteiger partial charge in [-0.05, 0) is 44.3 Å². The van der Waals surface area contributed by atoms with Crippen molar-refractivity contribution in [1.82, 2.24) is 9.80 Å². The Kier molecular flexibility index (Phi) is 6.19.